The molecule has 112 valence electrons. The second-order valence-corrected chi connectivity index (χ2v) is 5.51. The molecule has 2 aliphatic heterocycles. The maximum absolute atomic E-state index is 9.62. The van der Waals surface area contributed by atoms with E-state index in [1.807, 2.05) is 12.1 Å². The third-order valence-electron chi connectivity index (χ3n) is 4.08. The minimum absolute atomic E-state index is 0.184. The summed E-state index contributed by atoms with van der Waals surface area (Å²) in [4.78, 5) is 2.13. The van der Waals surface area contributed by atoms with Gasteiger partial charge < -0.3 is 14.2 Å². The second kappa shape index (κ2) is 5.92. The first kappa shape index (κ1) is 14.2. The molecule has 5 nitrogen and oxygen atoms in total. The molecule has 0 spiro atoms. The van der Waals surface area contributed by atoms with Gasteiger partial charge in [-0.3, -0.25) is 4.90 Å². The molecule has 2 heterocycles. The monoisotopic (exact) mass is 288 g/mol. The largest absolute Gasteiger partial charge is 0.496 e. The summed E-state index contributed by atoms with van der Waals surface area (Å²) in [5, 5.41) is 9.62. The van der Waals surface area contributed by atoms with Gasteiger partial charge in [0, 0.05) is 30.6 Å². The third-order valence-corrected chi connectivity index (χ3v) is 4.08. The van der Waals surface area contributed by atoms with Gasteiger partial charge in [-0.1, -0.05) is 0 Å². The van der Waals surface area contributed by atoms with Crippen LogP contribution in [0.2, 0.25) is 0 Å². The number of benzene rings is 1. The molecule has 1 saturated heterocycles. The quantitative estimate of drug-likeness (QED) is 0.850. The van der Waals surface area contributed by atoms with E-state index >= 15 is 0 Å². The average Bonchev–Trinajstić information content (AvgIpc) is 2.87. The van der Waals surface area contributed by atoms with Crippen molar-refractivity contribution in [1.29, 1.82) is 5.26 Å². The van der Waals surface area contributed by atoms with Crippen molar-refractivity contribution in [2.75, 3.05) is 33.4 Å². The van der Waals surface area contributed by atoms with E-state index in [9.17, 15) is 5.26 Å². The minimum Gasteiger partial charge on any atom is -0.496 e. The van der Waals surface area contributed by atoms with Gasteiger partial charge in [-0.05, 0) is 19.1 Å². The Morgan fingerprint density at radius 2 is 2.14 bits per heavy atom. The molecule has 3 rings (SSSR count). The van der Waals surface area contributed by atoms with Crippen molar-refractivity contribution in [3.63, 3.8) is 0 Å². The lowest BCUT2D eigenvalue weighted by Crippen LogP contribution is -2.38. The molecule has 2 unspecified atom stereocenters. The van der Waals surface area contributed by atoms with Gasteiger partial charge in [-0.15, -0.1) is 0 Å². The summed E-state index contributed by atoms with van der Waals surface area (Å²) in [6.45, 7) is 4.90. The van der Waals surface area contributed by atoms with Gasteiger partial charge in [0.25, 0.3) is 0 Å². The molecule has 1 aromatic rings. The zero-order chi connectivity index (χ0) is 14.8. The summed E-state index contributed by atoms with van der Waals surface area (Å²) < 4.78 is 16.7. The number of morpholine rings is 1. The maximum Gasteiger partial charge on any atom is 0.127 e. The molecule has 0 aliphatic carbocycles. The zero-order valence-electron chi connectivity index (χ0n) is 12.5. The molecule has 1 aromatic carbocycles. The van der Waals surface area contributed by atoms with Gasteiger partial charge in [0.1, 0.15) is 23.6 Å². The van der Waals surface area contributed by atoms with Gasteiger partial charge in [0.2, 0.25) is 0 Å². The number of nitrogens with zero attached hydrogens (tertiary/aromatic N) is 2. The number of hydrogen-bond donors (Lipinski definition) is 0. The van der Waals surface area contributed by atoms with Crippen LogP contribution >= 0.6 is 0 Å². The summed E-state index contributed by atoms with van der Waals surface area (Å²) in [6.07, 6.45) is 1.07. The standard InChI is InChI=1S/C16H20N2O3/c1-11-7-12-8-16(19-2)13(9-15(12)21-11)14(10-17)18-3-5-20-6-4-18/h8-9,11,14H,3-7H2,1-2H3. The van der Waals surface area contributed by atoms with Crippen LogP contribution in [-0.4, -0.2) is 44.4 Å². The molecule has 0 radical (unpaired) electrons. The summed E-state index contributed by atoms with van der Waals surface area (Å²) in [5.74, 6) is 1.65. The number of fused-ring (bicyclic) bond motifs is 1. The summed E-state index contributed by atoms with van der Waals surface area (Å²) in [5.41, 5.74) is 2.04. The lowest BCUT2D eigenvalue weighted by molar-refractivity contribution is 0.0262. The maximum atomic E-state index is 9.62. The molecule has 2 atom stereocenters. The fourth-order valence-corrected chi connectivity index (χ4v) is 3.03. The molecule has 2 aliphatic rings. The van der Waals surface area contributed by atoms with Crippen LogP contribution in [0, 0.1) is 11.3 Å². The Morgan fingerprint density at radius 1 is 1.38 bits per heavy atom. The Kier molecular flexibility index (Phi) is 4.00. The molecular formula is C16H20N2O3. The first-order chi connectivity index (χ1) is 10.2. The van der Waals surface area contributed by atoms with E-state index in [1.165, 1.54) is 0 Å². The zero-order valence-corrected chi connectivity index (χ0v) is 12.5. The lowest BCUT2D eigenvalue weighted by atomic mass is 10.0. The normalized spacial score (nSPS) is 23.0. The molecular weight excluding hydrogens is 268 g/mol. The van der Waals surface area contributed by atoms with Gasteiger partial charge >= 0.3 is 0 Å². The topological polar surface area (TPSA) is 54.7 Å². The van der Waals surface area contributed by atoms with Crippen molar-refractivity contribution >= 4 is 0 Å². The summed E-state index contributed by atoms with van der Waals surface area (Å²) in [6, 6.07) is 6.06. The average molecular weight is 288 g/mol. The van der Waals surface area contributed by atoms with Crippen molar-refractivity contribution in [2.45, 2.75) is 25.5 Å². The third kappa shape index (κ3) is 2.69. The first-order valence-electron chi connectivity index (χ1n) is 7.32. The Labute approximate surface area is 125 Å². The summed E-state index contributed by atoms with van der Waals surface area (Å²) in [7, 11) is 1.65. The molecule has 0 amide bonds. The van der Waals surface area contributed by atoms with E-state index in [4.69, 9.17) is 14.2 Å². The van der Waals surface area contributed by atoms with Crippen LogP contribution in [0.15, 0.2) is 12.1 Å². The predicted molar refractivity (Wildman–Crippen MR) is 77.5 cm³/mol. The van der Waals surface area contributed by atoms with Crippen LogP contribution in [0.5, 0.6) is 11.5 Å². The molecule has 0 aromatic heterocycles. The Bertz CT molecular complexity index is 561. The highest BCUT2D eigenvalue weighted by atomic mass is 16.5. The first-order valence-corrected chi connectivity index (χ1v) is 7.32. The fraction of sp³-hybridized carbons (Fsp3) is 0.562. The smallest absolute Gasteiger partial charge is 0.127 e. The van der Waals surface area contributed by atoms with Crippen LogP contribution in [0.4, 0.5) is 0 Å². The van der Waals surface area contributed by atoms with E-state index in [0.29, 0.717) is 13.2 Å². The molecule has 21 heavy (non-hydrogen) atoms. The van der Waals surface area contributed by atoms with E-state index in [0.717, 1.165) is 42.1 Å². The Hall–Kier alpha value is -1.77. The van der Waals surface area contributed by atoms with Gasteiger partial charge in [-0.25, -0.2) is 0 Å². The van der Waals surface area contributed by atoms with Crippen molar-refractivity contribution in [3.05, 3.63) is 23.3 Å². The lowest BCUT2D eigenvalue weighted by Gasteiger charge is -2.31. The highest BCUT2D eigenvalue weighted by Gasteiger charge is 2.29. The predicted octanol–water partition coefficient (Wildman–Crippen LogP) is 1.92. The van der Waals surface area contributed by atoms with Crippen LogP contribution in [0.1, 0.15) is 24.1 Å². The molecule has 0 bridgehead atoms. The van der Waals surface area contributed by atoms with Crippen LogP contribution in [0.25, 0.3) is 0 Å². The van der Waals surface area contributed by atoms with E-state index in [1.54, 1.807) is 7.11 Å². The van der Waals surface area contributed by atoms with Crippen molar-refractivity contribution in [2.24, 2.45) is 0 Å². The van der Waals surface area contributed by atoms with Crippen LogP contribution in [0.3, 0.4) is 0 Å². The van der Waals surface area contributed by atoms with Crippen molar-refractivity contribution < 1.29 is 14.2 Å². The van der Waals surface area contributed by atoms with Gasteiger partial charge in [0.15, 0.2) is 0 Å². The minimum atomic E-state index is -0.325. The highest BCUT2D eigenvalue weighted by molar-refractivity contribution is 5.51. The van der Waals surface area contributed by atoms with Gasteiger partial charge in [0.05, 0.1) is 26.4 Å². The van der Waals surface area contributed by atoms with E-state index in [2.05, 4.69) is 17.9 Å². The SMILES string of the molecule is COc1cc2c(cc1C(C#N)N1CCOCC1)OC(C)C2. The van der Waals surface area contributed by atoms with E-state index < -0.39 is 0 Å². The number of nitriles is 1. The number of methoxy groups -OCH3 is 1. The Morgan fingerprint density at radius 3 is 2.81 bits per heavy atom. The molecule has 1 fully saturated rings. The van der Waals surface area contributed by atoms with Crippen molar-refractivity contribution in [1.82, 2.24) is 4.90 Å². The number of ether oxygens (including phenoxy) is 3. The van der Waals surface area contributed by atoms with E-state index in [-0.39, 0.29) is 12.1 Å². The molecule has 0 saturated carbocycles. The number of hydrogen-bond acceptors (Lipinski definition) is 5. The number of rotatable bonds is 3. The highest BCUT2D eigenvalue weighted by Crippen LogP contribution is 2.39. The molecule has 5 heteroatoms. The van der Waals surface area contributed by atoms with Crippen molar-refractivity contribution in [3.8, 4) is 17.6 Å². The fourth-order valence-electron chi connectivity index (χ4n) is 3.03. The van der Waals surface area contributed by atoms with Crippen LogP contribution < -0.4 is 9.47 Å². The second-order valence-electron chi connectivity index (χ2n) is 5.51. The Balaban J connectivity index is 1.96. The van der Waals surface area contributed by atoms with Crippen LogP contribution in [-0.2, 0) is 11.2 Å². The molecule has 0 N–H and O–H groups in total. The van der Waals surface area contributed by atoms with Gasteiger partial charge in [-0.2, -0.15) is 5.26 Å². The summed E-state index contributed by atoms with van der Waals surface area (Å²) >= 11 is 0.